The lowest BCUT2D eigenvalue weighted by atomic mass is 10.0. The third-order valence-electron chi connectivity index (χ3n) is 3.25. The van der Waals surface area contributed by atoms with Gasteiger partial charge in [0.25, 0.3) is 11.8 Å². The normalized spacial score (nSPS) is 16.1. The number of aromatic nitrogens is 1. The summed E-state index contributed by atoms with van der Waals surface area (Å²) in [6.07, 6.45) is 3.67. The van der Waals surface area contributed by atoms with Crippen LogP contribution < -0.4 is 0 Å². The van der Waals surface area contributed by atoms with Crippen LogP contribution >= 0.6 is 0 Å². The summed E-state index contributed by atoms with van der Waals surface area (Å²) >= 11 is 0. The lowest BCUT2D eigenvalue weighted by molar-refractivity contribution is -0.153. The lowest BCUT2D eigenvalue weighted by Gasteiger charge is -2.22. The number of benzene rings is 1. The number of para-hydroxylation sites is 1. The van der Waals surface area contributed by atoms with E-state index in [1.54, 1.807) is 18.2 Å². The number of carbonyl (C=O) groups is 3. The summed E-state index contributed by atoms with van der Waals surface area (Å²) in [6.45, 7) is 0. The second-order valence-electron chi connectivity index (χ2n) is 4.41. The van der Waals surface area contributed by atoms with Gasteiger partial charge >= 0.3 is 5.97 Å². The van der Waals surface area contributed by atoms with Gasteiger partial charge in [0.05, 0.1) is 0 Å². The van der Waals surface area contributed by atoms with Gasteiger partial charge in [0.1, 0.15) is 0 Å². The Morgan fingerprint density at radius 1 is 1.15 bits per heavy atom. The zero-order valence-electron chi connectivity index (χ0n) is 10.2. The highest BCUT2D eigenvalue weighted by molar-refractivity contribution is 6.15. The summed E-state index contributed by atoms with van der Waals surface area (Å²) in [4.78, 5) is 38.6. The van der Waals surface area contributed by atoms with E-state index in [1.165, 1.54) is 6.20 Å². The first-order valence-corrected chi connectivity index (χ1v) is 5.93. The van der Waals surface area contributed by atoms with Crippen LogP contribution in [-0.4, -0.2) is 32.8 Å². The molecule has 0 saturated carbocycles. The van der Waals surface area contributed by atoms with E-state index in [-0.39, 0.29) is 0 Å². The maximum atomic E-state index is 11.7. The molecule has 100 valence electrons. The number of carboxylic acid groups (broad SMARTS) is 1. The highest BCUT2D eigenvalue weighted by atomic mass is 16.4. The van der Waals surface area contributed by atoms with Crippen molar-refractivity contribution in [3.05, 3.63) is 48.2 Å². The number of rotatable bonds is 3. The Bertz CT molecular complexity index is 741. The highest BCUT2D eigenvalue weighted by Gasteiger charge is 2.38. The number of carbonyl (C=O) groups excluding carboxylic acids is 2. The molecule has 2 amide bonds. The number of H-pyrrole nitrogens is 1. The molecule has 0 radical (unpaired) electrons. The molecule has 2 N–H and O–H groups in total. The lowest BCUT2D eigenvalue weighted by Crippen LogP contribution is -2.38. The number of aromatic amines is 1. The molecule has 6 nitrogen and oxygen atoms in total. The first-order chi connectivity index (χ1) is 9.59. The van der Waals surface area contributed by atoms with Gasteiger partial charge < -0.3 is 10.1 Å². The molecule has 0 unspecified atom stereocenters. The smallest absolute Gasteiger partial charge is 0.331 e. The van der Waals surface area contributed by atoms with E-state index < -0.39 is 23.8 Å². The molecule has 1 aromatic carbocycles. The van der Waals surface area contributed by atoms with Crippen molar-refractivity contribution in [3.63, 3.8) is 0 Å². The van der Waals surface area contributed by atoms with Gasteiger partial charge in [-0.1, -0.05) is 18.2 Å². The average Bonchev–Trinajstić information content (AvgIpc) is 2.98. The Balaban J connectivity index is 2.15. The summed E-state index contributed by atoms with van der Waals surface area (Å²) < 4.78 is 0. The second kappa shape index (κ2) is 4.34. The van der Waals surface area contributed by atoms with E-state index in [9.17, 15) is 19.5 Å². The number of fused-ring (bicyclic) bond motifs is 1. The predicted molar refractivity (Wildman–Crippen MR) is 69.7 cm³/mol. The van der Waals surface area contributed by atoms with Crippen molar-refractivity contribution in [2.75, 3.05) is 0 Å². The number of carboxylic acids is 1. The monoisotopic (exact) mass is 270 g/mol. The Hall–Kier alpha value is -2.89. The van der Waals surface area contributed by atoms with Crippen molar-refractivity contribution in [2.24, 2.45) is 0 Å². The summed E-state index contributed by atoms with van der Waals surface area (Å²) in [5, 5.41) is 10.1. The van der Waals surface area contributed by atoms with Gasteiger partial charge in [0, 0.05) is 34.8 Å². The fourth-order valence-electron chi connectivity index (χ4n) is 2.37. The molecule has 3 rings (SSSR count). The first-order valence-electron chi connectivity index (χ1n) is 5.93. The first kappa shape index (κ1) is 12.2. The standard InChI is InChI=1S/C14H10N2O4/c17-11-5-6-12(18)16(11)13(14(19)20)9-7-15-10-4-2-1-3-8(9)10/h1-7,13,15H,(H,19,20)/t13-/m0/s1. The van der Waals surface area contributed by atoms with E-state index >= 15 is 0 Å². The fraction of sp³-hybridized carbons (Fsp3) is 0.0714. The summed E-state index contributed by atoms with van der Waals surface area (Å²) in [7, 11) is 0. The van der Waals surface area contributed by atoms with E-state index in [0.717, 1.165) is 22.6 Å². The number of imide groups is 1. The fourth-order valence-corrected chi connectivity index (χ4v) is 2.37. The van der Waals surface area contributed by atoms with Gasteiger partial charge in [-0.3, -0.25) is 14.5 Å². The van der Waals surface area contributed by atoms with Crippen LogP contribution in [0.5, 0.6) is 0 Å². The Labute approximate surface area is 113 Å². The van der Waals surface area contributed by atoms with Crippen LogP contribution in [0.2, 0.25) is 0 Å². The Kier molecular flexibility index (Phi) is 2.64. The van der Waals surface area contributed by atoms with E-state index in [1.807, 2.05) is 6.07 Å². The van der Waals surface area contributed by atoms with Gasteiger partial charge in [-0.15, -0.1) is 0 Å². The van der Waals surface area contributed by atoms with Gasteiger partial charge in [-0.25, -0.2) is 4.79 Å². The summed E-state index contributed by atoms with van der Waals surface area (Å²) in [6, 6.07) is 5.79. The van der Waals surface area contributed by atoms with Crippen molar-refractivity contribution in [1.82, 2.24) is 9.88 Å². The number of hydrogen-bond acceptors (Lipinski definition) is 3. The van der Waals surface area contributed by atoms with E-state index in [4.69, 9.17) is 0 Å². The summed E-state index contributed by atoms with van der Waals surface area (Å²) in [5.41, 5.74) is 1.14. The number of amides is 2. The molecule has 6 heteroatoms. The topological polar surface area (TPSA) is 90.5 Å². The number of aliphatic carboxylic acids is 1. The van der Waals surface area contributed by atoms with Crippen LogP contribution in [0.3, 0.4) is 0 Å². The van der Waals surface area contributed by atoms with Crippen molar-refractivity contribution >= 4 is 28.7 Å². The average molecular weight is 270 g/mol. The van der Waals surface area contributed by atoms with Crippen molar-refractivity contribution in [3.8, 4) is 0 Å². The molecular weight excluding hydrogens is 260 g/mol. The van der Waals surface area contributed by atoms with Crippen LogP contribution in [0.15, 0.2) is 42.6 Å². The molecule has 1 aliphatic heterocycles. The third-order valence-corrected chi connectivity index (χ3v) is 3.25. The van der Waals surface area contributed by atoms with Gasteiger partial charge in [0.2, 0.25) is 0 Å². The molecule has 2 heterocycles. The van der Waals surface area contributed by atoms with Crippen molar-refractivity contribution in [2.45, 2.75) is 6.04 Å². The molecular formula is C14H10N2O4. The molecule has 0 aliphatic carbocycles. The minimum Gasteiger partial charge on any atom is -0.479 e. The van der Waals surface area contributed by atoms with Gasteiger partial charge in [-0.05, 0) is 6.07 Å². The molecule has 1 aliphatic rings. The Morgan fingerprint density at radius 3 is 2.45 bits per heavy atom. The maximum Gasteiger partial charge on any atom is 0.331 e. The second-order valence-corrected chi connectivity index (χ2v) is 4.41. The SMILES string of the molecule is O=C(O)[C@H](c1c[nH]c2ccccc12)N1C(=O)C=CC1=O. The van der Waals surface area contributed by atoms with Crippen LogP contribution in [0.1, 0.15) is 11.6 Å². The molecule has 1 aromatic heterocycles. The third kappa shape index (κ3) is 1.70. The number of hydrogen-bond donors (Lipinski definition) is 2. The van der Waals surface area contributed by atoms with Crippen LogP contribution in [-0.2, 0) is 14.4 Å². The minimum atomic E-state index is -1.33. The largest absolute Gasteiger partial charge is 0.479 e. The molecule has 1 atom stereocenters. The molecule has 0 bridgehead atoms. The molecule has 0 saturated heterocycles. The van der Waals surface area contributed by atoms with Crippen molar-refractivity contribution in [1.29, 1.82) is 0 Å². The molecule has 2 aromatic rings. The van der Waals surface area contributed by atoms with Crippen LogP contribution in [0, 0.1) is 0 Å². The predicted octanol–water partition coefficient (Wildman–Crippen LogP) is 1.22. The molecule has 20 heavy (non-hydrogen) atoms. The van der Waals surface area contributed by atoms with Gasteiger partial charge in [0.15, 0.2) is 6.04 Å². The molecule has 0 fully saturated rings. The maximum absolute atomic E-state index is 11.7. The Morgan fingerprint density at radius 2 is 1.80 bits per heavy atom. The minimum absolute atomic E-state index is 0.388. The van der Waals surface area contributed by atoms with Crippen molar-refractivity contribution < 1.29 is 19.5 Å². The number of nitrogens with one attached hydrogen (secondary N) is 1. The van der Waals surface area contributed by atoms with Crippen LogP contribution in [0.4, 0.5) is 0 Å². The number of nitrogens with zero attached hydrogens (tertiary/aromatic N) is 1. The highest BCUT2D eigenvalue weighted by Crippen LogP contribution is 2.30. The zero-order valence-corrected chi connectivity index (χ0v) is 10.2. The quantitative estimate of drug-likeness (QED) is 0.820. The van der Waals surface area contributed by atoms with E-state index in [0.29, 0.717) is 10.9 Å². The zero-order chi connectivity index (χ0) is 14.3. The van der Waals surface area contributed by atoms with E-state index in [2.05, 4.69) is 4.98 Å². The van der Waals surface area contributed by atoms with Gasteiger partial charge in [-0.2, -0.15) is 0 Å². The summed E-state index contributed by atoms with van der Waals surface area (Å²) in [5.74, 6) is -2.49. The molecule has 0 spiro atoms. The van der Waals surface area contributed by atoms with Crippen LogP contribution in [0.25, 0.3) is 10.9 Å².